The van der Waals surface area contributed by atoms with Crippen molar-refractivity contribution < 1.29 is 14.3 Å². The zero-order chi connectivity index (χ0) is 29.3. The van der Waals surface area contributed by atoms with Gasteiger partial charge in [-0.2, -0.15) is 4.68 Å². The number of ether oxygens (including phenoxy) is 2. The number of rotatable bonds is 7. The molecule has 9 nitrogen and oxygen atoms in total. The lowest BCUT2D eigenvalue weighted by Crippen LogP contribution is -2.31. The molecule has 9 heteroatoms. The van der Waals surface area contributed by atoms with Gasteiger partial charge in [-0.1, -0.05) is 73.9 Å². The van der Waals surface area contributed by atoms with E-state index in [-0.39, 0.29) is 11.3 Å². The van der Waals surface area contributed by atoms with Crippen LogP contribution in [0.15, 0.2) is 71.9 Å². The van der Waals surface area contributed by atoms with E-state index in [1.54, 1.807) is 11.8 Å². The number of nitrogens with zero attached hydrogens (tertiary/aromatic N) is 4. The van der Waals surface area contributed by atoms with Crippen molar-refractivity contribution in [3.63, 3.8) is 0 Å². The topological polar surface area (TPSA) is 103 Å². The molecule has 0 bridgehead atoms. The van der Waals surface area contributed by atoms with Crippen LogP contribution in [0.5, 0.6) is 11.5 Å². The number of hydrogen-bond acceptors (Lipinski definition) is 7. The van der Waals surface area contributed by atoms with Crippen molar-refractivity contribution in [2.24, 2.45) is 0 Å². The molecule has 1 aliphatic rings. The third-order valence-corrected chi connectivity index (χ3v) is 7.31. The second-order valence-electron chi connectivity index (χ2n) is 11.4. The number of carbonyl (C=O) groups is 1. The highest BCUT2D eigenvalue weighted by atomic mass is 16.5. The van der Waals surface area contributed by atoms with Crippen molar-refractivity contribution in [3.05, 3.63) is 99.8 Å². The van der Waals surface area contributed by atoms with Crippen molar-refractivity contribution in [1.82, 2.24) is 20.2 Å². The number of aromatic nitrogens is 4. The average molecular weight is 553 g/mol. The van der Waals surface area contributed by atoms with Crippen LogP contribution in [0.2, 0.25) is 0 Å². The predicted octanol–water partition coefficient (Wildman–Crippen LogP) is 6.10. The van der Waals surface area contributed by atoms with Gasteiger partial charge in [0.05, 0.1) is 12.7 Å². The molecule has 0 spiro atoms. The van der Waals surface area contributed by atoms with Gasteiger partial charge in [0.15, 0.2) is 11.5 Å². The minimum absolute atomic E-state index is 0.0913. The maximum absolute atomic E-state index is 13.8. The third kappa shape index (κ3) is 5.79. The van der Waals surface area contributed by atoms with Crippen LogP contribution in [0.1, 0.15) is 61.6 Å². The highest BCUT2D eigenvalue weighted by Crippen LogP contribution is 2.39. The second kappa shape index (κ2) is 11.1. The highest BCUT2D eigenvalue weighted by Gasteiger charge is 2.34. The molecule has 3 aromatic carbocycles. The Morgan fingerprint density at radius 1 is 1.00 bits per heavy atom. The normalized spacial score (nSPS) is 14.8. The molecule has 1 unspecified atom stereocenters. The number of amides is 1. The first-order valence-corrected chi connectivity index (χ1v) is 13.6. The van der Waals surface area contributed by atoms with E-state index in [4.69, 9.17) is 9.47 Å². The molecule has 4 aromatic rings. The Kier molecular flexibility index (Phi) is 7.53. The summed E-state index contributed by atoms with van der Waals surface area (Å²) in [6.45, 7) is 12.8. The summed E-state index contributed by atoms with van der Waals surface area (Å²) in [4.78, 5) is 13.8. The van der Waals surface area contributed by atoms with E-state index in [9.17, 15) is 4.79 Å². The number of hydrogen-bond donors (Lipinski definition) is 2. The molecule has 0 saturated carbocycles. The van der Waals surface area contributed by atoms with Gasteiger partial charge in [0.25, 0.3) is 5.91 Å². The molecule has 1 aromatic heterocycles. The fraction of sp³-hybridized carbons (Fsp3) is 0.312. The monoisotopic (exact) mass is 552 g/mol. The third-order valence-electron chi connectivity index (χ3n) is 7.31. The van der Waals surface area contributed by atoms with Gasteiger partial charge >= 0.3 is 0 Å². The number of tetrazole rings is 1. The zero-order valence-electron chi connectivity index (χ0n) is 24.6. The quantitative estimate of drug-likeness (QED) is 0.285. The van der Waals surface area contributed by atoms with Crippen LogP contribution in [0.4, 0.5) is 11.6 Å². The second-order valence-corrected chi connectivity index (χ2v) is 11.4. The van der Waals surface area contributed by atoms with E-state index >= 15 is 0 Å². The van der Waals surface area contributed by atoms with Crippen LogP contribution < -0.4 is 20.1 Å². The van der Waals surface area contributed by atoms with Gasteiger partial charge in [-0.05, 0) is 77.1 Å². The van der Waals surface area contributed by atoms with E-state index in [1.165, 1.54) is 5.56 Å². The summed E-state index contributed by atoms with van der Waals surface area (Å²) in [5, 5.41) is 18.4. The Bertz CT molecular complexity index is 1620. The zero-order valence-corrected chi connectivity index (χ0v) is 24.6. The lowest BCUT2D eigenvalue weighted by Gasteiger charge is -2.28. The lowest BCUT2D eigenvalue weighted by molar-refractivity contribution is -0.113. The summed E-state index contributed by atoms with van der Waals surface area (Å²) in [6.07, 6.45) is 0. The number of benzene rings is 3. The van der Waals surface area contributed by atoms with Crippen LogP contribution in [0, 0.1) is 13.8 Å². The predicted molar refractivity (Wildman–Crippen MR) is 159 cm³/mol. The number of allylic oxidation sites excluding steroid dienone is 1. The minimum Gasteiger partial charge on any atom is -0.493 e. The molecule has 212 valence electrons. The maximum atomic E-state index is 13.8. The molecule has 1 atom stereocenters. The summed E-state index contributed by atoms with van der Waals surface area (Å²) in [5.41, 5.74) is 7.23. The summed E-state index contributed by atoms with van der Waals surface area (Å²) in [7, 11) is 1.60. The Labute approximate surface area is 240 Å². The molecular formula is C32H36N6O3. The summed E-state index contributed by atoms with van der Waals surface area (Å²) < 4.78 is 13.5. The molecule has 0 fully saturated rings. The van der Waals surface area contributed by atoms with Gasteiger partial charge in [0.2, 0.25) is 5.95 Å². The number of carbonyl (C=O) groups excluding carboxylic acids is 1. The van der Waals surface area contributed by atoms with Crippen LogP contribution in [-0.4, -0.2) is 33.2 Å². The first kappa shape index (κ1) is 27.9. The van der Waals surface area contributed by atoms with Crippen molar-refractivity contribution >= 4 is 17.5 Å². The molecular weight excluding hydrogens is 516 g/mol. The van der Waals surface area contributed by atoms with Gasteiger partial charge in [0, 0.05) is 11.4 Å². The Balaban J connectivity index is 1.43. The number of anilines is 2. The van der Waals surface area contributed by atoms with E-state index in [1.807, 2.05) is 57.2 Å². The fourth-order valence-corrected chi connectivity index (χ4v) is 4.99. The summed E-state index contributed by atoms with van der Waals surface area (Å²) >= 11 is 0. The van der Waals surface area contributed by atoms with Gasteiger partial charge < -0.3 is 20.1 Å². The van der Waals surface area contributed by atoms with Crippen molar-refractivity contribution in [2.75, 3.05) is 17.7 Å². The van der Waals surface area contributed by atoms with Crippen LogP contribution in [0.3, 0.4) is 0 Å². The van der Waals surface area contributed by atoms with E-state index in [0.717, 1.165) is 27.9 Å². The molecule has 0 saturated heterocycles. The van der Waals surface area contributed by atoms with Crippen LogP contribution in [-0.2, 0) is 16.8 Å². The smallest absolute Gasteiger partial charge is 0.255 e. The van der Waals surface area contributed by atoms with Crippen molar-refractivity contribution in [1.29, 1.82) is 0 Å². The Morgan fingerprint density at radius 2 is 1.76 bits per heavy atom. The van der Waals surface area contributed by atoms with E-state index in [2.05, 4.69) is 71.2 Å². The van der Waals surface area contributed by atoms with Gasteiger partial charge in [0.1, 0.15) is 12.6 Å². The van der Waals surface area contributed by atoms with Crippen molar-refractivity contribution in [2.45, 2.75) is 59.6 Å². The minimum atomic E-state index is -0.583. The van der Waals surface area contributed by atoms with Gasteiger partial charge in [-0.15, -0.1) is 0 Å². The molecule has 0 aliphatic carbocycles. The number of aryl methyl sites for hydroxylation is 2. The SMILES string of the molecule is COc1cc(C2C(C(=O)Nc3ccc(C)cc3C)=C(C)Nc3nnnn32)ccc1OCc1ccc(C(C)(C)C)cc1. The molecule has 2 heterocycles. The Morgan fingerprint density at radius 3 is 2.44 bits per heavy atom. The molecule has 2 N–H and O–H groups in total. The van der Waals surface area contributed by atoms with Crippen LogP contribution >= 0.6 is 0 Å². The first-order chi connectivity index (χ1) is 19.5. The van der Waals surface area contributed by atoms with Gasteiger partial charge in [-0.3, -0.25) is 4.79 Å². The molecule has 1 amide bonds. The first-order valence-electron chi connectivity index (χ1n) is 13.6. The molecule has 41 heavy (non-hydrogen) atoms. The maximum Gasteiger partial charge on any atom is 0.255 e. The van der Waals surface area contributed by atoms with E-state index in [0.29, 0.717) is 35.3 Å². The van der Waals surface area contributed by atoms with Gasteiger partial charge in [-0.25, -0.2) is 0 Å². The standard InChI is InChI=1S/C32H36N6O3/c1-19-8-14-25(20(2)16-19)34-30(39)28-21(3)33-31-35-36-37-38(31)29(28)23-11-15-26(27(17-23)40-7)41-18-22-9-12-24(13-10-22)32(4,5)6/h8-17,29H,18H2,1-7H3,(H,34,39)(H,33,35,37). The number of nitrogens with one attached hydrogen (secondary N) is 2. The lowest BCUT2D eigenvalue weighted by atomic mass is 9.87. The summed E-state index contributed by atoms with van der Waals surface area (Å²) in [5.74, 6) is 1.36. The highest BCUT2D eigenvalue weighted by molar-refractivity contribution is 6.06. The van der Waals surface area contributed by atoms with Crippen LogP contribution in [0.25, 0.3) is 0 Å². The molecule has 0 radical (unpaired) electrons. The Hall–Kier alpha value is -4.66. The molecule has 1 aliphatic heterocycles. The van der Waals surface area contributed by atoms with Crippen molar-refractivity contribution in [3.8, 4) is 11.5 Å². The summed E-state index contributed by atoms with van der Waals surface area (Å²) in [6, 6.07) is 19.4. The molecule has 5 rings (SSSR count). The number of fused-ring (bicyclic) bond motifs is 1. The average Bonchev–Trinajstić information content (AvgIpc) is 3.40. The fourth-order valence-electron chi connectivity index (χ4n) is 4.99. The van der Waals surface area contributed by atoms with E-state index < -0.39 is 6.04 Å². The number of methoxy groups -OCH3 is 1. The largest absolute Gasteiger partial charge is 0.493 e.